The van der Waals surface area contributed by atoms with Crippen LogP contribution in [0.3, 0.4) is 0 Å². The molecule has 0 radical (unpaired) electrons. The zero-order valence-electron chi connectivity index (χ0n) is 9.65. The Morgan fingerprint density at radius 2 is 2.35 bits per heavy atom. The number of primary amides is 1. The molecule has 1 saturated heterocycles. The summed E-state index contributed by atoms with van der Waals surface area (Å²) in [6, 6.07) is 0. The smallest absolute Gasteiger partial charge is 0.271 e. The zero-order chi connectivity index (χ0) is 12.1. The minimum absolute atomic E-state index is 0.205. The number of carbonyl (C=O) groups is 1. The predicted molar refractivity (Wildman–Crippen MR) is 64.6 cm³/mol. The van der Waals surface area contributed by atoms with E-state index in [2.05, 4.69) is 20.6 Å². The van der Waals surface area contributed by atoms with Gasteiger partial charge in [0, 0.05) is 18.9 Å². The van der Waals surface area contributed by atoms with Crippen LogP contribution in [0, 0.1) is 5.92 Å². The number of anilines is 1. The average molecular weight is 235 g/mol. The van der Waals surface area contributed by atoms with Crippen LogP contribution in [0.1, 0.15) is 23.3 Å². The molecule has 0 spiro atoms. The number of nitrogens with two attached hydrogens (primary N) is 1. The van der Waals surface area contributed by atoms with E-state index in [1.807, 2.05) is 0 Å². The Balaban J connectivity index is 1.96. The molecule has 1 amide bonds. The van der Waals surface area contributed by atoms with E-state index in [1.54, 1.807) is 6.20 Å². The molecule has 1 aliphatic heterocycles. The Labute approximate surface area is 100 Å². The van der Waals surface area contributed by atoms with Gasteiger partial charge in [0.25, 0.3) is 5.91 Å². The van der Waals surface area contributed by atoms with E-state index in [1.165, 1.54) is 19.0 Å². The number of hydrogen-bond acceptors (Lipinski definition) is 5. The zero-order valence-corrected chi connectivity index (χ0v) is 9.65. The normalized spacial score (nSPS) is 19.9. The number of nitrogens with one attached hydrogen (secondary N) is 2. The van der Waals surface area contributed by atoms with Gasteiger partial charge in [0.15, 0.2) is 11.5 Å². The van der Waals surface area contributed by atoms with Crippen molar-refractivity contribution in [3.63, 3.8) is 0 Å². The van der Waals surface area contributed by atoms with Gasteiger partial charge < -0.3 is 16.4 Å². The summed E-state index contributed by atoms with van der Waals surface area (Å²) in [6.45, 7) is 2.87. The second-order valence-electron chi connectivity index (χ2n) is 4.21. The Bertz CT molecular complexity index is 389. The summed E-state index contributed by atoms with van der Waals surface area (Å²) >= 11 is 0. The van der Waals surface area contributed by atoms with E-state index in [4.69, 9.17) is 5.73 Å². The van der Waals surface area contributed by atoms with E-state index in [9.17, 15) is 4.79 Å². The highest BCUT2D eigenvalue weighted by Crippen LogP contribution is 2.12. The number of rotatable bonds is 4. The summed E-state index contributed by atoms with van der Waals surface area (Å²) in [5.74, 6) is 0.486. The summed E-state index contributed by atoms with van der Waals surface area (Å²) in [5, 5.41) is 6.49. The third kappa shape index (κ3) is 3.13. The first-order chi connectivity index (χ1) is 8.27. The van der Waals surface area contributed by atoms with E-state index in [0.717, 1.165) is 19.6 Å². The molecule has 2 rings (SSSR count). The maximum atomic E-state index is 11.1. The van der Waals surface area contributed by atoms with Crippen LogP contribution in [0.25, 0.3) is 0 Å². The largest absolute Gasteiger partial charge is 0.368 e. The van der Waals surface area contributed by atoms with Crippen LogP contribution in [0.15, 0.2) is 12.4 Å². The van der Waals surface area contributed by atoms with Crippen LogP contribution in [-0.4, -0.2) is 35.5 Å². The summed E-state index contributed by atoms with van der Waals surface area (Å²) in [7, 11) is 0. The van der Waals surface area contributed by atoms with Gasteiger partial charge in [0.1, 0.15) is 0 Å². The molecule has 2 heterocycles. The van der Waals surface area contributed by atoms with Gasteiger partial charge in [-0.25, -0.2) is 9.97 Å². The third-order valence-corrected chi connectivity index (χ3v) is 2.89. The standard InChI is InChI=1S/C11H17N5O/c12-10(17)9-11(15-5-4-14-9)16-7-8-2-1-3-13-6-8/h4-5,8,13H,1-3,6-7H2,(H2,12,17)(H,15,16). The van der Waals surface area contributed by atoms with Crippen LogP contribution in [0.2, 0.25) is 0 Å². The molecule has 1 unspecified atom stereocenters. The van der Waals surface area contributed by atoms with Gasteiger partial charge in [-0.05, 0) is 31.8 Å². The fourth-order valence-corrected chi connectivity index (χ4v) is 1.99. The molecule has 0 bridgehead atoms. The van der Waals surface area contributed by atoms with Gasteiger partial charge in [-0.1, -0.05) is 0 Å². The average Bonchev–Trinajstić information content (AvgIpc) is 2.38. The fourth-order valence-electron chi connectivity index (χ4n) is 1.99. The summed E-state index contributed by atoms with van der Waals surface area (Å²) < 4.78 is 0. The molecule has 4 N–H and O–H groups in total. The molecule has 0 saturated carbocycles. The van der Waals surface area contributed by atoms with Gasteiger partial charge in [0.2, 0.25) is 0 Å². The van der Waals surface area contributed by atoms with Crippen molar-refractivity contribution in [3.05, 3.63) is 18.1 Å². The lowest BCUT2D eigenvalue weighted by Gasteiger charge is -2.23. The minimum Gasteiger partial charge on any atom is -0.368 e. The summed E-state index contributed by atoms with van der Waals surface area (Å²) in [6.07, 6.45) is 5.39. The van der Waals surface area contributed by atoms with Crippen LogP contribution in [0.5, 0.6) is 0 Å². The number of carbonyl (C=O) groups excluding carboxylic acids is 1. The van der Waals surface area contributed by atoms with Crippen molar-refractivity contribution in [2.75, 3.05) is 25.0 Å². The van der Waals surface area contributed by atoms with E-state index >= 15 is 0 Å². The Morgan fingerprint density at radius 3 is 3.06 bits per heavy atom. The lowest BCUT2D eigenvalue weighted by molar-refractivity contribution is 0.0996. The molecular formula is C11H17N5O. The summed E-state index contributed by atoms with van der Waals surface area (Å²) in [5.41, 5.74) is 5.43. The monoisotopic (exact) mass is 235 g/mol. The molecule has 6 nitrogen and oxygen atoms in total. The van der Waals surface area contributed by atoms with Crippen LogP contribution in [-0.2, 0) is 0 Å². The lowest BCUT2D eigenvalue weighted by atomic mass is 10.00. The second-order valence-corrected chi connectivity index (χ2v) is 4.21. The molecular weight excluding hydrogens is 218 g/mol. The Morgan fingerprint density at radius 1 is 1.53 bits per heavy atom. The van der Waals surface area contributed by atoms with Gasteiger partial charge in [0.05, 0.1) is 0 Å². The highest BCUT2D eigenvalue weighted by atomic mass is 16.1. The molecule has 1 aromatic heterocycles. The predicted octanol–water partition coefficient (Wildman–Crippen LogP) is -0.0130. The molecule has 0 aromatic carbocycles. The van der Waals surface area contributed by atoms with Crippen molar-refractivity contribution >= 4 is 11.7 Å². The quantitative estimate of drug-likeness (QED) is 0.682. The van der Waals surface area contributed by atoms with Gasteiger partial charge in [-0.3, -0.25) is 4.79 Å². The Hall–Kier alpha value is -1.69. The minimum atomic E-state index is -0.553. The number of nitrogens with zero attached hydrogens (tertiary/aromatic N) is 2. The SMILES string of the molecule is NC(=O)c1nccnc1NCC1CCCNC1. The number of aromatic nitrogens is 2. The lowest BCUT2D eigenvalue weighted by Crippen LogP contribution is -2.34. The topological polar surface area (TPSA) is 92.9 Å². The number of amides is 1. The van der Waals surface area contributed by atoms with Crippen molar-refractivity contribution < 1.29 is 4.79 Å². The van der Waals surface area contributed by atoms with Crippen molar-refractivity contribution in [2.24, 2.45) is 11.7 Å². The van der Waals surface area contributed by atoms with Crippen LogP contribution >= 0.6 is 0 Å². The van der Waals surface area contributed by atoms with Crippen molar-refractivity contribution in [3.8, 4) is 0 Å². The van der Waals surface area contributed by atoms with Gasteiger partial charge >= 0.3 is 0 Å². The molecule has 1 fully saturated rings. The first kappa shape index (κ1) is 11.8. The van der Waals surface area contributed by atoms with E-state index in [-0.39, 0.29) is 5.69 Å². The van der Waals surface area contributed by atoms with Crippen molar-refractivity contribution in [2.45, 2.75) is 12.8 Å². The van der Waals surface area contributed by atoms with Crippen LogP contribution in [0.4, 0.5) is 5.82 Å². The maximum absolute atomic E-state index is 11.1. The number of piperidine rings is 1. The maximum Gasteiger partial charge on any atom is 0.271 e. The molecule has 6 heteroatoms. The van der Waals surface area contributed by atoms with E-state index < -0.39 is 5.91 Å². The fraction of sp³-hybridized carbons (Fsp3) is 0.545. The van der Waals surface area contributed by atoms with Crippen molar-refractivity contribution in [1.82, 2.24) is 15.3 Å². The van der Waals surface area contributed by atoms with E-state index in [0.29, 0.717) is 11.7 Å². The highest BCUT2D eigenvalue weighted by molar-refractivity contribution is 5.95. The molecule has 1 atom stereocenters. The Kier molecular flexibility index (Phi) is 3.87. The molecule has 1 aromatic rings. The van der Waals surface area contributed by atoms with Gasteiger partial charge in [-0.15, -0.1) is 0 Å². The van der Waals surface area contributed by atoms with Crippen molar-refractivity contribution in [1.29, 1.82) is 0 Å². The van der Waals surface area contributed by atoms with Crippen LogP contribution < -0.4 is 16.4 Å². The molecule has 1 aliphatic rings. The first-order valence-corrected chi connectivity index (χ1v) is 5.83. The first-order valence-electron chi connectivity index (χ1n) is 5.83. The number of hydrogen-bond donors (Lipinski definition) is 3. The summed E-state index contributed by atoms with van der Waals surface area (Å²) in [4.78, 5) is 19.2. The third-order valence-electron chi connectivity index (χ3n) is 2.89. The second kappa shape index (κ2) is 5.58. The highest BCUT2D eigenvalue weighted by Gasteiger charge is 2.15. The van der Waals surface area contributed by atoms with Gasteiger partial charge in [-0.2, -0.15) is 0 Å². The molecule has 0 aliphatic carbocycles. The molecule has 17 heavy (non-hydrogen) atoms. The molecule has 92 valence electrons.